The van der Waals surface area contributed by atoms with E-state index in [-0.39, 0.29) is 18.2 Å². The van der Waals surface area contributed by atoms with Crippen LogP contribution in [0, 0.1) is 0 Å². The Labute approximate surface area is 158 Å². The van der Waals surface area contributed by atoms with E-state index in [0.29, 0.717) is 30.8 Å². The number of Topliss-reactive ketones (excluding diaryl/α,β-unsaturated/α-hetero) is 1. The van der Waals surface area contributed by atoms with Crippen LogP contribution in [0.4, 0.5) is 0 Å². The standard InChI is InChI=1S/C19H23NO6S/c1-20-9-8-18-15-11-4-5-13(24-2)16(15)25-17(18)12(21)6-7-19(18,14(20)10-11)26-27(3,22)23/h4-5,14,17H,6-10H2,1-3H3/t14-,17+,18+,19-/m1/s1. The predicted octanol–water partition coefficient (Wildman–Crippen LogP) is 1.03. The molecule has 5 rings (SSSR count). The third-order valence-electron chi connectivity index (χ3n) is 6.99. The van der Waals surface area contributed by atoms with Gasteiger partial charge in [0.2, 0.25) is 0 Å². The number of ketones is 1. The number of ether oxygens (including phenoxy) is 2. The molecule has 8 heteroatoms. The average molecular weight is 393 g/mol. The van der Waals surface area contributed by atoms with Crippen LogP contribution in [-0.4, -0.2) is 63.8 Å². The van der Waals surface area contributed by atoms with Crippen molar-refractivity contribution in [3.63, 3.8) is 0 Å². The SMILES string of the molecule is COc1ccc2c3c1O[C@H]1C(=O)CC[C@@]4(OS(C)(=O)=O)[C@@H](C2)N(C)CC[C@]314. The quantitative estimate of drug-likeness (QED) is 0.710. The first-order valence-electron chi connectivity index (χ1n) is 9.24. The molecule has 0 aromatic heterocycles. The minimum Gasteiger partial charge on any atom is -0.493 e. The lowest BCUT2D eigenvalue weighted by Gasteiger charge is -2.63. The molecule has 1 spiro atoms. The van der Waals surface area contributed by atoms with Crippen molar-refractivity contribution in [3.05, 3.63) is 23.3 Å². The van der Waals surface area contributed by atoms with Crippen LogP contribution >= 0.6 is 0 Å². The average Bonchev–Trinajstić information content (AvgIpc) is 2.95. The minimum atomic E-state index is -3.73. The summed E-state index contributed by atoms with van der Waals surface area (Å²) in [5, 5.41) is 0. The highest BCUT2D eigenvalue weighted by atomic mass is 32.2. The summed E-state index contributed by atoms with van der Waals surface area (Å²) < 4.78 is 42.3. The molecule has 1 aromatic rings. The lowest BCUT2D eigenvalue weighted by atomic mass is 9.49. The van der Waals surface area contributed by atoms with E-state index in [2.05, 4.69) is 4.90 Å². The Balaban J connectivity index is 1.86. The van der Waals surface area contributed by atoms with E-state index in [1.165, 1.54) is 0 Å². The number of nitrogens with zero attached hydrogens (tertiary/aromatic N) is 1. The molecule has 4 atom stereocenters. The van der Waals surface area contributed by atoms with Crippen molar-refractivity contribution in [1.82, 2.24) is 4.90 Å². The zero-order valence-electron chi connectivity index (χ0n) is 15.6. The molecule has 0 unspecified atom stereocenters. The van der Waals surface area contributed by atoms with Gasteiger partial charge in [0.1, 0.15) is 5.60 Å². The number of hydrogen-bond acceptors (Lipinski definition) is 7. The van der Waals surface area contributed by atoms with E-state index >= 15 is 0 Å². The largest absolute Gasteiger partial charge is 0.493 e. The van der Waals surface area contributed by atoms with Crippen molar-refractivity contribution < 1.29 is 26.9 Å². The predicted molar refractivity (Wildman–Crippen MR) is 96.7 cm³/mol. The van der Waals surface area contributed by atoms with Gasteiger partial charge in [-0.25, -0.2) is 0 Å². The third-order valence-corrected chi connectivity index (χ3v) is 7.59. The molecule has 1 saturated carbocycles. The zero-order chi connectivity index (χ0) is 19.2. The van der Waals surface area contributed by atoms with Gasteiger partial charge in [0.15, 0.2) is 23.4 Å². The highest BCUT2D eigenvalue weighted by molar-refractivity contribution is 7.86. The van der Waals surface area contributed by atoms with Crippen molar-refractivity contribution in [2.45, 2.75) is 48.8 Å². The molecule has 2 bridgehead atoms. The van der Waals surface area contributed by atoms with Crippen molar-refractivity contribution in [2.24, 2.45) is 0 Å². The van der Waals surface area contributed by atoms with E-state index in [9.17, 15) is 13.2 Å². The van der Waals surface area contributed by atoms with Crippen molar-refractivity contribution >= 4 is 15.9 Å². The summed E-state index contributed by atoms with van der Waals surface area (Å²) in [4.78, 5) is 15.1. The summed E-state index contributed by atoms with van der Waals surface area (Å²) in [6, 6.07) is 3.75. The summed E-state index contributed by atoms with van der Waals surface area (Å²) in [7, 11) is -0.160. The van der Waals surface area contributed by atoms with Crippen molar-refractivity contribution in [2.75, 3.05) is 27.0 Å². The molecular formula is C19H23NO6S. The van der Waals surface area contributed by atoms with E-state index < -0.39 is 27.2 Å². The molecule has 2 heterocycles. The number of benzene rings is 1. The van der Waals surface area contributed by atoms with Crippen LogP contribution in [0.15, 0.2) is 12.1 Å². The van der Waals surface area contributed by atoms with Gasteiger partial charge in [0.25, 0.3) is 10.1 Å². The lowest BCUT2D eigenvalue weighted by molar-refractivity contribution is -0.172. The molecular weight excluding hydrogens is 370 g/mol. The van der Waals surface area contributed by atoms with Crippen LogP contribution in [0.2, 0.25) is 0 Å². The fourth-order valence-electron chi connectivity index (χ4n) is 6.09. The number of carbonyl (C=O) groups excluding carboxylic acids is 1. The molecule has 0 amide bonds. The zero-order valence-corrected chi connectivity index (χ0v) is 16.5. The normalized spacial score (nSPS) is 36.9. The van der Waals surface area contributed by atoms with Crippen LogP contribution < -0.4 is 9.47 Å². The molecule has 146 valence electrons. The summed E-state index contributed by atoms with van der Waals surface area (Å²) >= 11 is 0. The number of rotatable bonds is 3. The first kappa shape index (κ1) is 17.5. The molecule has 27 heavy (non-hydrogen) atoms. The van der Waals surface area contributed by atoms with Crippen LogP contribution in [-0.2, 0) is 30.9 Å². The maximum Gasteiger partial charge on any atom is 0.265 e. The molecule has 2 aliphatic carbocycles. The summed E-state index contributed by atoms with van der Waals surface area (Å²) in [6.45, 7) is 0.753. The van der Waals surface area contributed by atoms with Gasteiger partial charge in [-0.15, -0.1) is 0 Å². The van der Waals surface area contributed by atoms with E-state index in [4.69, 9.17) is 13.7 Å². The van der Waals surface area contributed by atoms with Gasteiger partial charge in [0, 0.05) is 18.0 Å². The summed E-state index contributed by atoms with van der Waals surface area (Å²) in [5.74, 6) is 1.17. The molecule has 1 saturated heterocycles. The van der Waals surface area contributed by atoms with E-state index in [1.807, 2.05) is 19.2 Å². The molecule has 1 aromatic carbocycles. The lowest BCUT2D eigenvalue weighted by Crippen LogP contribution is -2.77. The third kappa shape index (κ3) is 1.98. The molecule has 2 aliphatic heterocycles. The smallest absolute Gasteiger partial charge is 0.265 e. The number of likely N-dealkylation sites (N-methyl/N-ethyl adjacent to an activating group) is 1. The fraction of sp³-hybridized carbons (Fsp3) is 0.632. The summed E-state index contributed by atoms with van der Waals surface area (Å²) in [6.07, 6.45) is 2.26. The number of carbonyl (C=O) groups is 1. The highest BCUT2D eigenvalue weighted by Gasteiger charge is 2.75. The Kier molecular flexibility index (Phi) is 3.39. The van der Waals surface area contributed by atoms with Gasteiger partial charge in [0.05, 0.1) is 18.8 Å². The minimum absolute atomic E-state index is 0.0112. The maximum atomic E-state index is 12.9. The van der Waals surface area contributed by atoms with E-state index in [1.54, 1.807) is 7.11 Å². The van der Waals surface area contributed by atoms with Crippen LogP contribution in [0.1, 0.15) is 30.4 Å². The molecule has 0 N–H and O–H groups in total. The van der Waals surface area contributed by atoms with Gasteiger partial charge in [-0.1, -0.05) is 6.07 Å². The van der Waals surface area contributed by atoms with Gasteiger partial charge in [-0.05, 0) is 44.5 Å². The number of hydrogen-bond donors (Lipinski definition) is 0. The van der Waals surface area contributed by atoms with Gasteiger partial charge >= 0.3 is 0 Å². The number of methoxy groups -OCH3 is 1. The molecule has 7 nitrogen and oxygen atoms in total. The van der Waals surface area contributed by atoms with E-state index in [0.717, 1.165) is 23.9 Å². The van der Waals surface area contributed by atoms with Gasteiger partial charge in [-0.2, -0.15) is 8.42 Å². The molecule has 0 radical (unpaired) electrons. The van der Waals surface area contributed by atoms with Gasteiger partial charge < -0.3 is 14.4 Å². The van der Waals surface area contributed by atoms with Crippen molar-refractivity contribution in [3.8, 4) is 11.5 Å². The first-order chi connectivity index (χ1) is 12.7. The van der Waals surface area contributed by atoms with Gasteiger partial charge in [-0.3, -0.25) is 8.98 Å². The van der Waals surface area contributed by atoms with Crippen LogP contribution in [0.3, 0.4) is 0 Å². The van der Waals surface area contributed by atoms with Crippen molar-refractivity contribution in [1.29, 1.82) is 0 Å². The number of piperidine rings is 1. The second kappa shape index (κ2) is 5.24. The number of likely N-dealkylation sites (tertiary alicyclic amines) is 1. The Bertz CT molecular complexity index is 959. The Morgan fingerprint density at radius 1 is 1.30 bits per heavy atom. The topological polar surface area (TPSA) is 82.1 Å². The Hall–Kier alpha value is -1.64. The first-order valence-corrected chi connectivity index (χ1v) is 11.1. The molecule has 2 fully saturated rings. The Morgan fingerprint density at radius 3 is 2.78 bits per heavy atom. The Morgan fingerprint density at radius 2 is 2.07 bits per heavy atom. The van der Waals surface area contributed by atoms with Crippen LogP contribution in [0.5, 0.6) is 11.5 Å². The monoisotopic (exact) mass is 393 g/mol. The van der Waals surface area contributed by atoms with Crippen LogP contribution in [0.25, 0.3) is 0 Å². The highest BCUT2D eigenvalue weighted by Crippen LogP contribution is 2.66. The second-order valence-corrected chi connectivity index (χ2v) is 9.77. The second-order valence-electron chi connectivity index (χ2n) is 8.19. The summed E-state index contributed by atoms with van der Waals surface area (Å²) in [5.41, 5.74) is 0.219. The molecule has 4 aliphatic rings. The fourth-order valence-corrected chi connectivity index (χ4v) is 6.98. The maximum absolute atomic E-state index is 12.9.